The molecule has 1 saturated carbocycles. The summed E-state index contributed by atoms with van der Waals surface area (Å²) >= 11 is 0. The average Bonchev–Trinajstić information content (AvgIpc) is 2.97. The SMILES string of the molecule is Nc1c(C(=O)N[C@H]2CCCC[C@H]2C(=O)O)cnn1-c1ccccc1. The number of benzene rings is 1. The molecule has 1 heterocycles. The topological polar surface area (TPSA) is 110 Å². The smallest absolute Gasteiger partial charge is 0.308 e. The van der Waals surface area contributed by atoms with Crippen LogP contribution in [0.3, 0.4) is 0 Å². The van der Waals surface area contributed by atoms with E-state index in [1.807, 2.05) is 30.3 Å². The number of carboxylic acid groups (broad SMARTS) is 1. The van der Waals surface area contributed by atoms with Crippen molar-refractivity contribution in [1.29, 1.82) is 0 Å². The summed E-state index contributed by atoms with van der Waals surface area (Å²) in [5, 5.41) is 16.3. The Bertz CT molecular complexity index is 742. The van der Waals surface area contributed by atoms with Crippen molar-refractivity contribution in [2.45, 2.75) is 31.7 Å². The molecule has 0 unspecified atom stereocenters. The highest BCUT2D eigenvalue weighted by atomic mass is 16.4. The van der Waals surface area contributed by atoms with Crippen LogP contribution in [-0.4, -0.2) is 32.8 Å². The van der Waals surface area contributed by atoms with Crippen LogP contribution in [0.5, 0.6) is 0 Å². The molecule has 2 atom stereocenters. The van der Waals surface area contributed by atoms with Gasteiger partial charge in [-0.2, -0.15) is 5.10 Å². The van der Waals surface area contributed by atoms with E-state index in [2.05, 4.69) is 10.4 Å². The summed E-state index contributed by atoms with van der Waals surface area (Å²) in [4.78, 5) is 23.9. The molecule has 1 amide bonds. The molecule has 1 aliphatic carbocycles. The third-order valence-corrected chi connectivity index (χ3v) is 4.45. The molecule has 1 aliphatic rings. The summed E-state index contributed by atoms with van der Waals surface area (Å²) in [6.45, 7) is 0. The highest BCUT2D eigenvalue weighted by Gasteiger charge is 2.32. The van der Waals surface area contributed by atoms with Crippen molar-refractivity contribution < 1.29 is 14.7 Å². The number of nitrogen functional groups attached to an aromatic ring is 1. The summed E-state index contributed by atoms with van der Waals surface area (Å²) in [5.41, 5.74) is 7.08. The molecule has 0 spiro atoms. The van der Waals surface area contributed by atoms with Crippen molar-refractivity contribution in [1.82, 2.24) is 15.1 Å². The summed E-state index contributed by atoms with van der Waals surface area (Å²) in [6, 6.07) is 8.90. The van der Waals surface area contributed by atoms with Gasteiger partial charge in [-0.05, 0) is 25.0 Å². The summed E-state index contributed by atoms with van der Waals surface area (Å²) < 4.78 is 1.49. The minimum Gasteiger partial charge on any atom is -0.481 e. The van der Waals surface area contributed by atoms with E-state index >= 15 is 0 Å². The number of nitrogens with zero attached hydrogens (tertiary/aromatic N) is 2. The molecule has 7 nitrogen and oxygen atoms in total. The van der Waals surface area contributed by atoms with E-state index in [0.717, 1.165) is 18.5 Å². The maximum atomic E-state index is 12.5. The molecule has 0 aliphatic heterocycles. The van der Waals surface area contributed by atoms with Gasteiger partial charge in [0.05, 0.1) is 17.8 Å². The third-order valence-electron chi connectivity index (χ3n) is 4.45. The number of hydrogen-bond acceptors (Lipinski definition) is 4. The van der Waals surface area contributed by atoms with Crippen LogP contribution in [0.4, 0.5) is 5.82 Å². The Kier molecular flexibility index (Phi) is 4.50. The second-order valence-corrected chi connectivity index (χ2v) is 6.00. The fourth-order valence-corrected chi connectivity index (χ4v) is 3.15. The quantitative estimate of drug-likeness (QED) is 0.793. The van der Waals surface area contributed by atoms with Crippen molar-refractivity contribution in [2.75, 3.05) is 5.73 Å². The molecular weight excluding hydrogens is 308 g/mol. The van der Waals surface area contributed by atoms with Crippen molar-refractivity contribution >= 4 is 17.7 Å². The van der Waals surface area contributed by atoms with Crippen LogP contribution in [0, 0.1) is 5.92 Å². The van der Waals surface area contributed by atoms with Crippen LogP contribution in [-0.2, 0) is 4.79 Å². The van der Waals surface area contributed by atoms with Crippen LogP contribution >= 0.6 is 0 Å². The zero-order chi connectivity index (χ0) is 17.1. The largest absolute Gasteiger partial charge is 0.481 e. The summed E-state index contributed by atoms with van der Waals surface area (Å²) in [5.74, 6) is -1.56. The lowest BCUT2D eigenvalue weighted by Gasteiger charge is -2.29. The average molecular weight is 328 g/mol. The third kappa shape index (κ3) is 3.10. The van der Waals surface area contributed by atoms with E-state index in [9.17, 15) is 14.7 Å². The van der Waals surface area contributed by atoms with Crippen molar-refractivity contribution in [2.24, 2.45) is 5.92 Å². The van der Waals surface area contributed by atoms with Gasteiger partial charge in [0.1, 0.15) is 11.4 Å². The number of anilines is 1. The first-order valence-corrected chi connectivity index (χ1v) is 8.00. The molecule has 126 valence electrons. The maximum absolute atomic E-state index is 12.5. The van der Waals surface area contributed by atoms with Crippen LogP contribution in [0.2, 0.25) is 0 Å². The lowest BCUT2D eigenvalue weighted by molar-refractivity contribution is -0.143. The van der Waals surface area contributed by atoms with Crippen molar-refractivity contribution in [3.63, 3.8) is 0 Å². The molecule has 3 rings (SSSR count). The van der Waals surface area contributed by atoms with E-state index in [-0.39, 0.29) is 23.3 Å². The number of hydrogen-bond donors (Lipinski definition) is 3. The second kappa shape index (κ2) is 6.74. The van der Waals surface area contributed by atoms with Gasteiger partial charge < -0.3 is 16.2 Å². The number of aliphatic carboxylic acids is 1. The Morgan fingerprint density at radius 2 is 1.92 bits per heavy atom. The van der Waals surface area contributed by atoms with E-state index in [0.29, 0.717) is 12.8 Å². The molecule has 0 radical (unpaired) electrons. The number of carbonyl (C=O) groups is 2. The van der Waals surface area contributed by atoms with Crippen LogP contribution < -0.4 is 11.1 Å². The molecule has 2 aromatic rings. The van der Waals surface area contributed by atoms with E-state index in [1.165, 1.54) is 10.9 Å². The van der Waals surface area contributed by atoms with Crippen LogP contribution in [0.15, 0.2) is 36.5 Å². The minimum absolute atomic E-state index is 0.237. The number of amides is 1. The van der Waals surface area contributed by atoms with Crippen LogP contribution in [0.25, 0.3) is 5.69 Å². The van der Waals surface area contributed by atoms with Gasteiger partial charge >= 0.3 is 5.97 Å². The number of nitrogens with two attached hydrogens (primary N) is 1. The van der Waals surface area contributed by atoms with Gasteiger partial charge in [-0.1, -0.05) is 31.0 Å². The minimum atomic E-state index is -0.868. The Morgan fingerprint density at radius 1 is 1.21 bits per heavy atom. The molecule has 4 N–H and O–H groups in total. The Morgan fingerprint density at radius 3 is 2.62 bits per heavy atom. The van der Waals surface area contributed by atoms with Gasteiger partial charge in [-0.25, -0.2) is 4.68 Å². The molecule has 1 fully saturated rings. The fourth-order valence-electron chi connectivity index (χ4n) is 3.15. The predicted octanol–water partition coefficient (Wildman–Crippen LogP) is 1.83. The molecule has 7 heteroatoms. The molecular formula is C17H20N4O3. The summed E-state index contributed by atoms with van der Waals surface area (Å²) in [6.07, 6.45) is 4.44. The van der Waals surface area contributed by atoms with Crippen molar-refractivity contribution in [3.8, 4) is 5.69 Å². The lowest BCUT2D eigenvalue weighted by atomic mass is 9.84. The van der Waals surface area contributed by atoms with Gasteiger partial charge in [-0.3, -0.25) is 9.59 Å². The van der Waals surface area contributed by atoms with E-state index < -0.39 is 11.9 Å². The maximum Gasteiger partial charge on any atom is 0.308 e. The predicted molar refractivity (Wildman–Crippen MR) is 88.8 cm³/mol. The Labute approximate surface area is 139 Å². The molecule has 1 aromatic heterocycles. The van der Waals surface area contributed by atoms with Crippen molar-refractivity contribution in [3.05, 3.63) is 42.1 Å². The number of para-hydroxylation sites is 1. The monoisotopic (exact) mass is 328 g/mol. The Hall–Kier alpha value is -2.83. The normalized spacial score (nSPS) is 20.5. The second-order valence-electron chi connectivity index (χ2n) is 6.00. The number of nitrogens with one attached hydrogen (secondary N) is 1. The molecule has 24 heavy (non-hydrogen) atoms. The van der Waals surface area contributed by atoms with Crippen LogP contribution in [0.1, 0.15) is 36.0 Å². The lowest BCUT2D eigenvalue weighted by Crippen LogP contribution is -2.45. The Balaban J connectivity index is 1.78. The number of aromatic nitrogens is 2. The van der Waals surface area contributed by atoms with Gasteiger partial charge in [-0.15, -0.1) is 0 Å². The number of carboxylic acids is 1. The molecule has 1 aromatic carbocycles. The number of rotatable bonds is 4. The highest BCUT2D eigenvalue weighted by Crippen LogP contribution is 2.25. The first-order valence-electron chi connectivity index (χ1n) is 8.00. The first kappa shape index (κ1) is 16.0. The van der Waals surface area contributed by atoms with Gasteiger partial charge in [0.2, 0.25) is 0 Å². The highest BCUT2D eigenvalue weighted by molar-refractivity contribution is 5.98. The fraction of sp³-hybridized carbons (Fsp3) is 0.353. The molecule has 0 saturated heterocycles. The zero-order valence-corrected chi connectivity index (χ0v) is 13.2. The molecule has 0 bridgehead atoms. The van der Waals surface area contributed by atoms with Gasteiger partial charge in [0.15, 0.2) is 0 Å². The standard InChI is InChI=1S/C17H20N4O3/c18-15-13(10-19-21(15)11-6-2-1-3-7-11)16(22)20-14-9-5-4-8-12(14)17(23)24/h1-3,6-7,10,12,14H,4-5,8-9,18H2,(H,20,22)(H,23,24)/t12-,14+/m1/s1. The zero-order valence-electron chi connectivity index (χ0n) is 13.2. The van der Waals surface area contributed by atoms with Gasteiger partial charge in [0.25, 0.3) is 5.91 Å². The summed E-state index contributed by atoms with van der Waals surface area (Å²) in [7, 11) is 0. The number of carbonyl (C=O) groups excluding carboxylic acids is 1. The van der Waals surface area contributed by atoms with E-state index in [1.54, 1.807) is 0 Å². The first-order chi connectivity index (χ1) is 11.6. The van der Waals surface area contributed by atoms with E-state index in [4.69, 9.17) is 5.73 Å². The van der Waals surface area contributed by atoms with Gasteiger partial charge in [0, 0.05) is 6.04 Å².